The first-order valence-corrected chi connectivity index (χ1v) is 5.86. The molecule has 0 spiro atoms. The largest absolute Gasteiger partial charge is 0.464 e. The summed E-state index contributed by atoms with van der Waals surface area (Å²) < 4.78 is 9.93. The summed E-state index contributed by atoms with van der Waals surface area (Å²) in [5.74, 6) is 4.89. The van der Waals surface area contributed by atoms with Gasteiger partial charge in [0.1, 0.15) is 11.6 Å². The van der Waals surface area contributed by atoms with Gasteiger partial charge < -0.3 is 14.8 Å². The minimum absolute atomic E-state index is 0.203. The van der Waals surface area contributed by atoms with Crippen LogP contribution in [0.4, 0.5) is 4.79 Å². The number of hydrogen-bond acceptors (Lipinski definition) is 4. The SMILES string of the molecule is CC#CCC(NC(=O)OC(C)(C)C)C(=O)OCC. The van der Waals surface area contributed by atoms with Crippen molar-refractivity contribution in [2.24, 2.45) is 0 Å². The first kappa shape index (κ1) is 16.3. The highest BCUT2D eigenvalue weighted by Gasteiger charge is 2.24. The summed E-state index contributed by atoms with van der Waals surface area (Å²) in [4.78, 5) is 23.1. The Morgan fingerprint density at radius 3 is 2.39 bits per heavy atom. The minimum Gasteiger partial charge on any atom is -0.464 e. The Kier molecular flexibility index (Phi) is 6.88. The average Bonchev–Trinajstić information content (AvgIpc) is 2.21. The number of carbonyl (C=O) groups is 2. The number of esters is 1. The van der Waals surface area contributed by atoms with Crippen LogP contribution in [-0.4, -0.2) is 30.3 Å². The summed E-state index contributed by atoms with van der Waals surface area (Å²) in [5, 5.41) is 2.45. The molecule has 1 amide bonds. The maximum absolute atomic E-state index is 11.6. The van der Waals surface area contributed by atoms with E-state index in [1.165, 1.54) is 0 Å². The quantitative estimate of drug-likeness (QED) is 0.615. The predicted molar refractivity (Wildman–Crippen MR) is 67.9 cm³/mol. The molecule has 0 aromatic carbocycles. The summed E-state index contributed by atoms with van der Waals surface area (Å²) in [6, 6.07) is -0.799. The van der Waals surface area contributed by atoms with Gasteiger partial charge in [-0.15, -0.1) is 11.8 Å². The first-order chi connectivity index (χ1) is 8.30. The van der Waals surface area contributed by atoms with E-state index in [-0.39, 0.29) is 13.0 Å². The topological polar surface area (TPSA) is 64.6 Å². The molecule has 0 radical (unpaired) electrons. The summed E-state index contributed by atoms with van der Waals surface area (Å²) in [5.41, 5.74) is -0.611. The molecule has 102 valence electrons. The lowest BCUT2D eigenvalue weighted by molar-refractivity contribution is -0.145. The molecule has 0 rings (SSSR count). The van der Waals surface area contributed by atoms with Gasteiger partial charge >= 0.3 is 12.1 Å². The molecule has 0 saturated carbocycles. The Balaban J connectivity index is 4.52. The smallest absolute Gasteiger partial charge is 0.408 e. The van der Waals surface area contributed by atoms with Gasteiger partial charge in [0.15, 0.2) is 0 Å². The van der Waals surface area contributed by atoms with Gasteiger partial charge in [-0.3, -0.25) is 0 Å². The average molecular weight is 255 g/mol. The van der Waals surface area contributed by atoms with E-state index in [1.54, 1.807) is 34.6 Å². The fraction of sp³-hybridized carbons (Fsp3) is 0.692. The summed E-state index contributed by atoms with van der Waals surface area (Å²) in [6.07, 6.45) is -0.451. The molecule has 1 unspecified atom stereocenters. The molecule has 0 aromatic rings. The molecular weight excluding hydrogens is 234 g/mol. The van der Waals surface area contributed by atoms with Crippen LogP contribution in [0.3, 0.4) is 0 Å². The van der Waals surface area contributed by atoms with Crippen LogP contribution in [0.1, 0.15) is 41.0 Å². The molecule has 18 heavy (non-hydrogen) atoms. The molecule has 0 bridgehead atoms. The molecule has 1 N–H and O–H groups in total. The fourth-order valence-electron chi connectivity index (χ4n) is 1.09. The van der Waals surface area contributed by atoms with E-state index in [4.69, 9.17) is 9.47 Å². The molecule has 0 heterocycles. The maximum Gasteiger partial charge on any atom is 0.408 e. The Labute approximate surface area is 108 Å². The van der Waals surface area contributed by atoms with Gasteiger partial charge in [-0.1, -0.05) is 0 Å². The van der Waals surface area contributed by atoms with Crippen molar-refractivity contribution in [2.75, 3.05) is 6.61 Å². The number of carbonyl (C=O) groups excluding carboxylic acids is 2. The van der Waals surface area contributed by atoms with Crippen LogP contribution in [-0.2, 0) is 14.3 Å². The lowest BCUT2D eigenvalue weighted by atomic mass is 10.2. The van der Waals surface area contributed by atoms with E-state index in [0.29, 0.717) is 0 Å². The van der Waals surface area contributed by atoms with Crippen LogP contribution in [0, 0.1) is 11.8 Å². The van der Waals surface area contributed by atoms with Crippen molar-refractivity contribution >= 4 is 12.1 Å². The number of rotatable bonds is 4. The van der Waals surface area contributed by atoms with Gasteiger partial charge in [-0.25, -0.2) is 9.59 Å². The predicted octanol–water partition coefficient (Wildman–Crippen LogP) is 1.86. The van der Waals surface area contributed by atoms with Crippen LogP contribution in [0.2, 0.25) is 0 Å². The third-order valence-corrected chi connectivity index (χ3v) is 1.75. The Hall–Kier alpha value is -1.70. The molecule has 5 nitrogen and oxygen atoms in total. The minimum atomic E-state index is -0.799. The van der Waals surface area contributed by atoms with Crippen molar-refractivity contribution < 1.29 is 19.1 Å². The van der Waals surface area contributed by atoms with Gasteiger partial charge in [0, 0.05) is 6.42 Å². The molecular formula is C13H21NO4. The van der Waals surface area contributed by atoms with Gasteiger partial charge in [0.25, 0.3) is 0 Å². The monoisotopic (exact) mass is 255 g/mol. The van der Waals surface area contributed by atoms with E-state index in [0.717, 1.165) is 0 Å². The molecule has 1 atom stereocenters. The Bertz CT molecular complexity index is 346. The molecule has 0 aliphatic heterocycles. The summed E-state index contributed by atoms with van der Waals surface area (Å²) >= 11 is 0. The van der Waals surface area contributed by atoms with E-state index in [9.17, 15) is 9.59 Å². The third kappa shape index (κ3) is 7.55. The summed E-state index contributed by atoms with van der Waals surface area (Å²) in [7, 11) is 0. The van der Waals surface area contributed by atoms with Crippen LogP contribution in [0.5, 0.6) is 0 Å². The molecule has 0 fully saturated rings. The number of hydrogen-bond donors (Lipinski definition) is 1. The lowest BCUT2D eigenvalue weighted by Crippen LogP contribution is -2.44. The standard InChI is InChI=1S/C13H21NO4/c1-6-8-9-10(11(15)17-7-2)14-12(16)18-13(3,4)5/h10H,7,9H2,1-5H3,(H,14,16). The second kappa shape index (κ2) is 7.59. The highest BCUT2D eigenvalue weighted by atomic mass is 16.6. The van der Waals surface area contributed by atoms with Gasteiger partial charge in [0.05, 0.1) is 6.61 Å². The zero-order valence-corrected chi connectivity index (χ0v) is 11.6. The van der Waals surface area contributed by atoms with Crippen molar-refractivity contribution in [1.82, 2.24) is 5.32 Å². The number of amides is 1. The lowest BCUT2D eigenvalue weighted by Gasteiger charge is -2.22. The molecule has 0 saturated heterocycles. The Morgan fingerprint density at radius 1 is 1.33 bits per heavy atom. The van der Waals surface area contributed by atoms with Crippen molar-refractivity contribution in [2.45, 2.75) is 52.7 Å². The van der Waals surface area contributed by atoms with Crippen LogP contribution >= 0.6 is 0 Å². The van der Waals surface area contributed by atoms with Crippen molar-refractivity contribution in [3.63, 3.8) is 0 Å². The van der Waals surface area contributed by atoms with Gasteiger partial charge in [-0.2, -0.15) is 0 Å². The first-order valence-electron chi connectivity index (χ1n) is 5.86. The second-order valence-corrected chi connectivity index (χ2v) is 4.58. The van der Waals surface area contributed by atoms with Gasteiger partial charge in [-0.05, 0) is 34.6 Å². The van der Waals surface area contributed by atoms with E-state index in [2.05, 4.69) is 17.2 Å². The van der Waals surface area contributed by atoms with E-state index >= 15 is 0 Å². The number of alkyl carbamates (subject to hydrolysis) is 1. The molecule has 0 aliphatic carbocycles. The highest BCUT2D eigenvalue weighted by molar-refractivity contribution is 5.81. The van der Waals surface area contributed by atoms with Crippen LogP contribution in [0.25, 0.3) is 0 Å². The number of ether oxygens (including phenoxy) is 2. The molecule has 0 aliphatic rings. The van der Waals surface area contributed by atoms with Crippen LogP contribution < -0.4 is 5.32 Å². The number of nitrogens with one attached hydrogen (secondary N) is 1. The molecule has 0 aromatic heterocycles. The summed E-state index contributed by atoms with van der Waals surface area (Å²) in [6.45, 7) is 8.86. The van der Waals surface area contributed by atoms with Crippen molar-refractivity contribution in [3.05, 3.63) is 0 Å². The highest BCUT2D eigenvalue weighted by Crippen LogP contribution is 2.07. The van der Waals surface area contributed by atoms with Gasteiger partial charge in [0.2, 0.25) is 0 Å². The molecule has 5 heteroatoms. The van der Waals surface area contributed by atoms with Crippen molar-refractivity contribution in [3.8, 4) is 11.8 Å². The zero-order chi connectivity index (χ0) is 14.2. The third-order valence-electron chi connectivity index (χ3n) is 1.75. The second-order valence-electron chi connectivity index (χ2n) is 4.58. The maximum atomic E-state index is 11.6. The van der Waals surface area contributed by atoms with Crippen LogP contribution in [0.15, 0.2) is 0 Å². The normalized spacial score (nSPS) is 11.8. The van der Waals surface area contributed by atoms with E-state index < -0.39 is 23.7 Å². The zero-order valence-electron chi connectivity index (χ0n) is 11.6. The fourth-order valence-corrected chi connectivity index (χ4v) is 1.09. The van der Waals surface area contributed by atoms with Crippen molar-refractivity contribution in [1.29, 1.82) is 0 Å². The Morgan fingerprint density at radius 2 is 1.94 bits per heavy atom. The van der Waals surface area contributed by atoms with E-state index in [1.807, 2.05) is 0 Å².